The summed E-state index contributed by atoms with van der Waals surface area (Å²) in [5.74, 6) is -0.0328. The number of benzene rings is 1. The maximum atomic E-state index is 13.4. The van der Waals surface area contributed by atoms with Gasteiger partial charge in [0.25, 0.3) is 11.5 Å². The number of hydrogen-bond acceptors (Lipinski definition) is 5. The summed E-state index contributed by atoms with van der Waals surface area (Å²) in [7, 11) is 0. The summed E-state index contributed by atoms with van der Waals surface area (Å²) >= 11 is 0. The van der Waals surface area contributed by atoms with Crippen molar-refractivity contribution in [3.8, 4) is 6.07 Å². The Kier molecular flexibility index (Phi) is 6.04. The highest BCUT2D eigenvalue weighted by molar-refractivity contribution is 6.10. The summed E-state index contributed by atoms with van der Waals surface area (Å²) in [6, 6.07) is 13.0. The van der Waals surface area contributed by atoms with E-state index in [1.54, 1.807) is 24.4 Å². The van der Waals surface area contributed by atoms with Crippen LogP contribution in [-0.2, 0) is 4.79 Å². The molecule has 7 heteroatoms. The molecule has 1 fully saturated rings. The van der Waals surface area contributed by atoms with Gasteiger partial charge < -0.3 is 10.2 Å². The van der Waals surface area contributed by atoms with Gasteiger partial charge in [0.15, 0.2) is 0 Å². The molecule has 1 aromatic carbocycles. The van der Waals surface area contributed by atoms with Crippen molar-refractivity contribution < 1.29 is 4.79 Å². The minimum Gasteiger partial charge on any atom is -0.356 e. The summed E-state index contributed by atoms with van der Waals surface area (Å²) in [5, 5.41) is 12.4. The lowest BCUT2D eigenvalue weighted by atomic mass is 10.1. The third kappa shape index (κ3) is 4.26. The number of anilines is 2. The molecular weight excluding hydrogens is 402 g/mol. The third-order valence-electron chi connectivity index (χ3n) is 5.68. The van der Waals surface area contributed by atoms with Gasteiger partial charge in [-0.1, -0.05) is 23.8 Å². The van der Waals surface area contributed by atoms with Crippen molar-refractivity contribution in [1.82, 2.24) is 9.38 Å². The molecule has 0 spiro atoms. The van der Waals surface area contributed by atoms with Gasteiger partial charge in [-0.05, 0) is 62.9 Å². The van der Waals surface area contributed by atoms with Gasteiger partial charge in [0, 0.05) is 25.0 Å². The van der Waals surface area contributed by atoms with Gasteiger partial charge in [0.05, 0.1) is 5.56 Å². The summed E-state index contributed by atoms with van der Waals surface area (Å²) in [4.78, 5) is 33.1. The van der Waals surface area contributed by atoms with Crippen molar-refractivity contribution in [3.63, 3.8) is 0 Å². The van der Waals surface area contributed by atoms with Crippen molar-refractivity contribution in [1.29, 1.82) is 5.26 Å². The second-order valence-electron chi connectivity index (χ2n) is 8.08. The monoisotopic (exact) mass is 427 g/mol. The molecule has 2 aromatic heterocycles. The van der Waals surface area contributed by atoms with E-state index in [2.05, 4.69) is 10.2 Å². The Morgan fingerprint density at radius 1 is 1.12 bits per heavy atom. The zero-order valence-corrected chi connectivity index (χ0v) is 18.3. The molecule has 0 radical (unpaired) electrons. The number of amides is 1. The first-order chi connectivity index (χ1) is 15.5. The molecule has 1 aliphatic heterocycles. The van der Waals surface area contributed by atoms with Crippen molar-refractivity contribution in [2.75, 3.05) is 23.3 Å². The van der Waals surface area contributed by atoms with Gasteiger partial charge >= 0.3 is 0 Å². The average Bonchev–Trinajstić information content (AvgIpc) is 2.81. The Labute approximate surface area is 186 Å². The molecule has 0 unspecified atom stereocenters. The van der Waals surface area contributed by atoms with Gasteiger partial charge in [-0.25, -0.2) is 4.98 Å². The fourth-order valence-electron chi connectivity index (χ4n) is 3.90. The van der Waals surface area contributed by atoms with Gasteiger partial charge in [0.2, 0.25) is 0 Å². The molecular formula is C25H25N5O2. The van der Waals surface area contributed by atoms with E-state index in [4.69, 9.17) is 4.98 Å². The van der Waals surface area contributed by atoms with E-state index in [9.17, 15) is 14.9 Å². The van der Waals surface area contributed by atoms with Crippen LogP contribution in [0.5, 0.6) is 0 Å². The normalized spacial score (nSPS) is 14.3. The third-order valence-corrected chi connectivity index (χ3v) is 5.68. The van der Waals surface area contributed by atoms with Crippen molar-refractivity contribution in [3.05, 3.63) is 75.2 Å². The standard InChI is InChI=1S/C25H25N5O2/c1-17-8-10-20(11-9-17)27-24(31)19(16-26)15-21-23(29-12-4-3-5-13-29)28-22-18(2)7-6-14-30(22)25(21)32/h6-11,14-15H,3-5,12-13H2,1-2H3,(H,27,31)/b19-15+. The molecule has 0 saturated carbocycles. The number of rotatable bonds is 4. The number of nitrogens with zero attached hydrogens (tertiary/aromatic N) is 4. The average molecular weight is 428 g/mol. The second kappa shape index (κ2) is 9.06. The Morgan fingerprint density at radius 2 is 1.84 bits per heavy atom. The molecule has 1 aliphatic rings. The zero-order chi connectivity index (χ0) is 22.7. The van der Waals surface area contributed by atoms with Crippen LogP contribution in [0.15, 0.2) is 53.0 Å². The SMILES string of the molecule is Cc1ccc(NC(=O)/C(C#N)=C/c2c(N3CCCCC3)nc3c(C)cccn3c2=O)cc1. The van der Waals surface area contributed by atoms with Crippen molar-refractivity contribution >= 4 is 29.1 Å². The second-order valence-corrected chi connectivity index (χ2v) is 8.08. The number of aromatic nitrogens is 2. The number of nitriles is 1. The molecule has 0 aliphatic carbocycles. The maximum Gasteiger partial charge on any atom is 0.267 e. The van der Waals surface area contributed by atoms with Gasteiger partial charge in [-0.2, -0.15) is 5.26 Å². The first-order valence-electron chi connectivity index (χ1n) is 10.7. The Morgan fingerprint density at radius 3 is 2.53 bits per heavy atom. The number of hydrogen-bond donors (Lipinski definition) is 1. The molecule has 0 bridgehead atoms. The van der Waals surface area contributed by atoms with Crippen LogP contribution in [0.2, 0.25) is 0 Å². The van der Waals surface area contributed by atoms with Crippen LogP contribution in [0.1, 0.15) is 36.0 Å². The minimum absolute atomic E-state index is 0.143. The summed E-state index contributed by atoms with van der Waals surface area (Å²) < 4.78 is 1.47. The number of carbonyl (C=O) groups excluding carboxylic acids is 1. The predicted molar refractivity (Wildman–Crippen MR) is 126 cm³/mol. The molecule has 32 heavy (non-hydrogen) atoms. The van der Waals surface area contributed by atoms with Crippen LogP contribution in [0.25, 0.3) is 11.7 Å². The van der Waals surface area contributed by atoms with Crippen LogP contribution < -0.4 is 15.8 Å². The Hall–Kier alpha value is -3.92. The van der Waals surface area contributed by atoms with E-state index < -0.39 is 5.91 Å². The fourth-order valence-corrected chi connectivity index (χ4v) is 3.90. The topological polar surface area (TPSA) is 90.5 Å². The maximum absolute atomic E-state index is 13.4. The van der Waals surface area contributed by atoms with Gasteiger partial charge in [0.1, 0.15) is 23.1 Å². The van der Waals surface area contributed by atoms with E-state index >= 15 is 0 Å². The van der Waals surface area contributed by atoms with Gasteiger partial charge in [-0.3, -0.25) is 14.0 Å². The highest BCUT2D eigenvalue weighted by Crippen LogP contribution is 2.24. The molecule has 3 heterocycles. The molecule has 1 amide bonds. The fraction of sp³-hybridized carbons (Fsp3) is 0.280. The first-order valence-corrected chi connectivity index (χ1v) is 10.7. The lowest BCUT2D eigenvalue weighted by molar-refractivity contribution is -0.112. The Balaban J connectivity index is 1.81. The van der Waals surface area contributed by atoms with Crippen LogP contribution in [0.4, 0.5) is 11.5 Å². The molecule has 4 rings (SSSR count). The lowest BCUT2D eigenvalue weighted by Gasteiger charge is -2.29. The summed E-state index contributed by atoms with van der Waals surface area (Å²) in [6.07, 6.45) is 6.19. The quantitative estimate of drug-likeness (QED) is 0.505. The van der Waals surface area contributed by atoms with Crippen molar-refractivity contribution in [2.24, 2.45) is 0 Å². The van der Waals surface area contributed by atoms with Crippen LogP contribution in [-0.4, -0.2) is 28.4 Å². The lowest BCUT2D eigenvalue weighted by Crippen LogP contribution is -2.33. The van der Waals surface area contributed by atoms with E-state index in [0.717, 1.165) is 43.5 Å². The van der Waals surface area contributed by atoms with E-state index in [0.29, 0.717) is 17.2 Å². The first kappa shape index (κ1) is 21.3. The summed E-state index contributed by atoms with van der Waals surface area (Å²) in [5.41, 5.74) is 2.93. The highest BCUT2D eigenvalue weighted by atomic mass is 16.1. The molecule has 0 atom stereocenters. The summed E-state index contributed by atoms with van der Waals surface area (Å²) in [6.45, 7) is 5.43. The van der Waals surface area contributed by atoms with E-state index in [-0.39, 0.29) is 16.7 Å². The van der Waals surface area contributed by atoms with Crippen LogP contribution in [0.3, 0.4) is 0 Å². The van der Waals surface area contributed by atoms with E-state index in [1.165, 1.54) is 10.5 Å². The Bertz CT molecular complexity index is 1290. The molecule has 3 aromatic rings. The molecule has 162 valence electrons. The number of nitrogens with one attached hydrogen (secondary N) is 1. The molecule has 1 N–H and O–H groups in total. The number of piperidine rings is 1. The highest BCUT2D eigenvalue weighted by Gasteiger charge is 2.21. The minimum atomic E-state index is -0.560. The smallest absolute Gasteiger partial charge is 0.267 e. The van der Waals surface area contributed by atoms with E-state index in [1.807, 2.05) is 38.1 Å². The molecule has 1 saturated heterocycles. The van der Waals surface area contributed by atoms with Crippen LogP contribution >= 0.6 is 0 Å². The largest absolute Gasteiger partial charge is 0.356 e. The number of fused-ring (bicyclic) bond motifs is 1. The van der Waals surface area contributed by atoms with Gasteiger partial charge in [-0.15, -0.1) is 0 Å². The number of pyridine rings is 1. The molecule has 7 nitrogen and oxygen atoms in total. The van der Waals surface area contributed by atoms with Crippen molar-refractivity contribution in [2.45, 2.75) is 33.1 Å². The zero-order valence-electron chi connectivity index (χ0n) is 18.3. The predicted octanol–water partition coefficient (Wildman–Crippen LogP) is 3.85. The number of carbonyl (C=O) groups is 1. The number of aryl methyl sites for hydroxylation is 2. The van der Waals surface area contributed by atoms with Crippen LogP contribution in [0, 0.1) is 25.2 Å².